The highest BCUT2D eigenvalue weighted by Gasteiger charge is 2.18. The normalized spacial score (nSPS) is 10.5. The SMILES string of the molecule is CCCOC(=O)c1cnn(C)c1-n1cccc1. The maximum atomic E-state index is 11.8. The van der Waals surface area contributed by atoms with Gasteiger partial charge in [0.25, 0.3) is 0 Å². The zero-order valence-corrected chi connectivity index (χ0v) is 9.96. The summed E-state index contributed by atoms with van der Waals surface area (Å²) >= 11 is 0. The minimum absolute atomic E-state index is 0.330. The van der Waals surface area contributed by atoms with Crippen LogP contribution in [0.3, 0.4) is 0 Å². The lowest BCUT2D eigenvalue weighted by Gasteiger charge is -2.07. The van der Waals surface area contributed by atoms with Crippen molar-refractivity contribution in [3.8, 4) is 5.82 Å². The summed E-state index contributed by atoms with van der Waals surface area (Å²) in [5.41, 5.74) is 0.483. The van der Waals surface area contributed by atoms with E-state index in [-0.39, 0.29) is 5.97 Å². The van der Waals surface area contributed by atoms with Crippen LogP contribution >= 0.6 is 0 Å². The molecule has 0 N–H and O–H groups in total. The van der Waals surface area contributed by atoms with Gasteiger partial charge in [-0.25, -0.2) is 4.79 Å². The van der Waals surface area contributed by atoms with Crippen molar-refractivity contribution >= 4 is 5.97 Å². The Hall–Kier alpha value is -2.04. The van der Waals surface area contributed by atoms with E-state index in [1.54, 1.807) is 11.7 Å². The molecular weight excluding hydrogens is 218 g/mol. The van der Waals surface area contributed by atoms with Crippen molar-refractivity contribution in [3.05, 3.63) is 36.3 Å². The van der Waals surface area contributed by atoms with Crippen LogP contribution in [0.5, 0.6) is 0 Å². The van der Waals surface area contributed by atoms with Crippen molar-refractivity contribution in [2.45, 2.75) is 13.3 Å². The molecular formula is C12H15N3O2. The molecule has 0 spiro atoms. The predicted molar refractivity (Wildman–Crippen MR) is 63.1 cm³/mol. The number of aryl methyl sites for hydroxylation is 1. The molecule has 0 aliphatic rings. The second-order valence-electron chi connectivity index (χ2n) is 3.73. The van der Waals surface area contributed by atoms with E-state index in [1.165, 1.54) is 6.20 Å². The number of ether oxygens (including phenoxy) is 1. The van der Waals surface area contributed by atoms with Gasteiger partial charge in [-0.15, -0.1) is 0 Å². The smallest absolute Gasteiger partial charge is 0.343 e. The number of carbonyl (C=O) groups is 1. The Bertz CT molecular complexity index is 500. The number of aromatic nitrogens is 3. The van der Waals surface area contributed by atoms with Crippen molar-refractivity contribution in [2.75, 3.05) is 6.61 Å². The van der Waals surface area contributed by atoms with Crippen LogP contribution in [0, 0.1) is 0 Å². The van der Waals surface area contributed by atoms with E-state index < -0.39 is 0 Å². The molecule has 0 saturated heterocycles. The summed E-state index contributed by atoms with van der Waals surface area (Å²) in [5.74, 6) is 0.389. The highest BCUT2D eigenvalue weighted by molar-refractivity contribution is 5.92. The molecule has 0 bridgehead atoms. The van der Waals surface area contributed by atoms with Crippen LogP contribution in [0.2, 0.25) is 0 Å². The first-order valence-corrected chi connectivity index (χ1v) is 5.56. The number of nitrogens with zero attached hydrogens (tertiary/aromatic N) is 3. The van der Waals surface area contributed by atoms with Crippen LogP contribution in [0.25, 0.3) is 5.82 Å². The lowest BCUT2D eigenvalue weighted by molar-refractivity contribution is 0.0505. The van der Waals surface area contributed by atoms with E-state index in [9.17, 15) is 4.79 Å². The average Bonchev–Trinajstić information content (AvgIpc) is 2.94. The van der Waals surface area contributed by atoms with Crippen molar-refractivity contribution in [3.63, 3.8) is 0 Å². The Labute approximate surface area is 99.6 Å². The number of rotatable bonds is 4. The maximum Gasteiger partial charge on any atom is 0.343 e. The van der Waals surface area contributed by atoms with Gasteiger partial charge in [0.2, 0.25) is 0 Å². The average molecular weight is 233 g/mol. The Kier molecular flexibility index (Phi) is 3.27. The molecule has 0 aromatic carbocycles. The highest BCUT2D eigenvalue weighted by atomic mass is 16.5. The van der Waals surface area contributed by atoms with E-state index in [2.05, 4.69) is 5.10 Å². The van der Waals surface area contributed by atoms with Gasteiger partial charge < -0.3 is 9.30 Å². The van der Waals surface area contributed by atoms with Gasteiger partial charge in [-0.2, -0.15) is 5.10 Å². The summed E-state index contributed by atoms with van der Waals surface area (Å²) in [5, 5.41) is 4.10. The molecule has 0 atom stereocenters. The Morgan fingerprint density at radius 1 is 1.41 bits per heavy atom. The second-order valence-corrected chi connectivity index (χ2v) is 3.73. The summed E-state index contributed by atoms with van der Waals surface area (Å²) in [4.78, 5) is 11.8. The lowest BCUT2D eigenvalue weighted by Crippen LogP contribution is -2.10. The zero-order chi connectivity index (χ0) is 12.3. The van der Waals surface area contributed by atoms with Crippen LogP contribution < -0.4 is 0 Å². The molecule has 17 heavy (non-hydrogen) atoms. The summed E-state index contributed by atoms with van der Waals surface area (Å²) in [7, 11) is 1.80. The van der Waals surface area contributed by atoms with Crippen molar-refractivity contribution in [1.29, 1.82) is 0 Å². The quantitative estimate of drug-likeness (QED) is 0.756. The highest BCUT2D eigenvalue weighted by Crippen LogP contribution is 2.14. The molecule has 5 heteroatoms. The monoisotopic (exact) mass is 233 g/mol. The van der Waals surface area contributed by atoms with Crippen molar-refractivity contribution < 1.29 is 9.53 Å². The lowest BCUT2D eigenvalue weighted by atomic mass is 10.3. The van der Waals surface area contributed by atoms with Gasteiger partial charge in [0.05, 0.1) is 12.8 Å². The number of hydrogen-bond donors (Lipinski definition) is 0. The zero-order valence-electron chi connectivity index (χ0n) is 9.96. The Morgan fingerprint density at radius 3 is 2.76 bits per heavy atom. The molecule has 0 radical (unpaired) electrons. The molecule has 2 heterocycles. The second kappa shape index (κ2) is 4.86. The molecule has 90 valence electrons. The molecule has 0 aliphatic carbocycles. The van der Waals surface area contributed by atoms with Crippen LogP contribution in [0.15, 0.2) is 30.7 Å². The third-order valence-electron chi connectivity index (χ3n) is 2.41. The fourth-order valence-electron chi connectivity index (χ4n) is 1.63. The van der Waals surface area contributed by atoms with Crippen LogP contribution in [-0.4, -0.2) is 26.9 Å². The number of hydrogen-bond acceptors (Lipinski definition) is 3. The van der Waals surface area contributed by atoms with E-state index in [0.29, 0.717) is 12.2 Å². The van der Waals surface area contributed by atoms with E-state index >= 15 is 0 Å². The van der Waals surface area contributed by atoms with E-state index in [4.69, 9.17) is 4.74 Å². The molecule has 0 aliphatic heterocycles. The molecule has 5 nitrogen and oxygen atoms in total. The summed E-state index contributed by atoms with van der Waals surface area (Å²) in [6.07, 6.45) is 6.08. The number of esters is 1. The molecule has 0 unspecified atom stereocenters. The van der Waals surface area contributed by atoms with E-state index in [0.717, 1.165) is 12.2 Å². The van der Waals surface area contributed by atoms with Gasteiger partial charge in [-0.05, 0) is 18.6 Å². The Balaban J connectivity index is 2.33. The van der Waals surface area contributed by atoms with Crippen LogP contribution in [-0.2, 0) is 11.8 Å². The summed E-state index contributed by atoms with van der Waals surface area (Å²) < 4.78 is 8.62. The molecule has 2 rings (SSSR count). The van der Waals surface area contributed by atoms with Crippen LogP contribution in [0.1, 0.15) is 23.7 Å². The molecule has 0 amide bonds. The van der Waals surface area contributed by atoms with E-state index in [1.807, 2.05) is 36.0 Å². The molecule has 2 aromatic rings. The van der Waals surface area contributed by atoms with Gasteiger partial charge in [0.1, 0.15) is 11.4 Å². The number of carbonyl (C=O) groups excluding carboxylic acids is 1. The minimum Gasteiger partial charge on any atom is -0.462 e. The van der Waals surface area contributed by atoms with Gasteiger partial charge in [-0.3, -0.25) is 4.68 Å². The van der Waals surface area contributed by atoms with Crippen LogP contribution in [0.4, 0.5) is 0 Å². The molecule has 0 fully saturated rings. The summed E-state index contributed by atoms with van der Waals surface area (Å²) in [6.45, 7) is 2.39. The van der Waals surface area contributed by atoms with Crippen molar-refractivity contribution in [1.82, 2.24) is 14.3 Å². The third-order valence-corrected chi connectivity index (χ3v) is 2.41. The van der Waals surface area contributed by atoms with Crippen molar-refractivity contribution in [2.24, 2.45) is 7.05 Å². The van der Waals surface area contributed by atoms with Gasteiger partial charge in [0, 0.05) is 19.4 Å². The summed E-state index contributed by atoms with van der Waals surface area (Å²) in [6, 6.07) is 3.79. The maximum absolute atomic E-state index is 11.8. The minimum atomic E-state index is -0.330. The predicted octanol–water partition coefficient (Wildman–Crippen LogP) is 1.78. The Morgan fingerprint density at radius 2 is 2.12 bits per heavy atom. The van der Waals surface area contributed by atoms with Gasteiger partial charge in [0.15, 0.2) is 0 Å². The fraction of sp³-hybridized carbons (Fsp3) is 0.333. The standard InChI is InChI=1S/C12H15N3O2/c1-3-8-17-12(16)10-9-13-14(2)11(10)15-6-4-5-7-15/h4-7,9H,3,8H2,1-2H3. The fourth-order valence-corrected chi connectivity index (χ4v) is 1.63. The van der Waals surface area contributed by atoms with Gasteiger partial charge in [-0.1, -0.05) is 6.92 Å². The first kappa shape index (κ1) is 11.4. The first-order chi connectivity index (χ1) is 8.24. The topological polar surface area (TPSA) is 49.0 Å². The van der Waals surface area contributed by atoms with Gasteiger partial charge >= 0.3 is 5.97 Å². The molecule has 2 aromatic heterocycles. The molecule has 0 saturated carbocycles. The first-order valence-electron chi connectivity index (χ1n) is 5.56. The third kappa shape index (κ3) is 2.22. The largest absolute Gasteiger partial charge is 0.462 e.